The van der Waals surface area contributed by atoms with Gasteiger partial charge in [-0.05, 0) is 48.9 Å². The molecule has 5 nitrogen and oxygen atoms in total. The summed E-state index contributed by atoms with van der Waals surface area (Å²) in [7, 11) is -2.41. The Bertz CT molecular complexity index is 1100. The van der Waals surface area contributed by atoms with Crippen molar-refractivity contribution in [2.45, 2.75) is 17.9 Å². The molecule has 1 atom stereocenters. The summed E-state index contributed by atoms with van der Waals surface area (Å²) in [6.07, 6.45) is 0. The second-order valence-corrected chi connectivity index (χ2v) is 8.52. The molecule has 0 bridgehead atoms. The Balaban J connectivity index is 1.88. The highest BCUT2D eigenvalue weighted by atomic mass is 32.2. The lowest BCUT2D eigenvalue weighted by atomic mass is 10.1. The molecule has 1 amide bonds. The summed E-state index contributed by atoms with van der Waals surface area (Å²) in [5, 5.41) is 2.84. The number of benzene rings is 3. The van der Waals surface area contributed by atoms with Crippen molar-refractivity contribution in [2.24, 2.45) is 0 Å². The Labute approximate surface area is 169 Å². The first-order valence-corrected chi connectivity index (χ1v) is 10.4. The van der Waals surface area contributed by atoms with Gasteiger partial charge in [-0.3, -0.25) is 9.10 Å². The highest BCUT2D eigenvalue weighted by Gasteiger charge is 2.25. The van der Waals surface area contributed by atoms with Crippen molar-refractivity contribution < 1.29 is 17.6 Å². The van der Waals surface area contributed by atoms with Crippen LogP contribution in [-0.2, 0) is 10.0 Å². The number of sulfonamides is 1. The van der Waals surface area contributed by atoms with Crippen LogP contribution < -0.4 is 9.62 Å². The molecule has 0 saturated carbocycles. The van der Waals surface area contributed by atoms with Crippen molar-refractivity contribution in [2.75, 3.05) is 11.4 Å². The molecule has 0 aromatic heterocycles. The number of hydrogen-bond donors (Lipinski definition) is 1. The second-order valence-electron chi connectivity index (χ2n) is 6.55. The van der Waals surface area contributed by atoms with Gasteiger partial charge in [-0.25, -0.2) is 12.8 Å². The van der Waals surface area contributed by atoms with E-state index >= 15 is 0 Å². The van der Waals surface area contributed by atoms with Crippen molar-refractivity contribution in [3.8, 4) is 0 Å². The fourth-order valence-corrected chi connectivity index (χ4v) is 4.16. The van der Waals surface area contributed by atoms with Gasteiger partial charge in [0.1, 0.15) is 5.82 Å². The first-order valence-electron chi connectivity index (χ1n) is 9.00. The summed E-state index contributed by atoms with van der Waals surface area (Å²) in [5.74, 6) is -0.780. The first kappa shape index (κ1) is 20.5. The summed E-state index contributed by atoms with van der Waals surface area (Å²) in [4.78, 5) is 13.0. The Morgan fingerprint density at radius 1 is 0.931 bits per heavy atom. The van der Waals surface area contributed by atoms with Gasteiger partial charge >= 0.3 is 0 Å². The average Bonchev–Trinajstić information content (AvgIpc) is 2.74. The second kappa shape index (κ2) is 8.45. The molecule has 7 heteroatoms. The van der Waals surface area contributed by atoms with Gasteiger partial charge < -0.3 is 5.32 Å². The van der Waals surface area contributed by atoms with Crippen LogP contribution in [-0.4, -0.2) is 21.4 Å². The summed E-state index contributed by atoms with van der Waals surface area (Å²) in [5.41, 5.74) is 1.23. The van der Waals surface area contributed by atoms with E-state index in [1.807, 2.05) is 0 Å². The summed E-state index contributed by atoms with van der Waals surface area (Å²) < 4.78 is 40.1. The van der Waals surface area contributed by atoms with Crippen LogP contribution in [0.2, 0.25) is 0 Å². The van der Waals surface area contributed by atoms with Crippen LogP contribution in [0.5, 0.6) is 0 Å². The number of nitrogens with zero attached hydrogens (tertiary/aromatic N) is 1. The normalized spacial score (nSPS) is 12.2. The van der Waals surface area contributed by atoms with Crippen LogP contribution in [0.3, 0.4) is 0 Å². The van der Waals surface area contributed by atoms with Gasteiger partial charge in [-0.1, -0.05) is 42.5 Å². The maximum Gasteiger partial charge on any atom is 0.264 e. The van der Waals surface area contributed by atoms with Crippen LogP contribution in [0.4, 0.5) is 10.1 Å². The molecular weight excluding hydrogens is 391 g/mol. The quantitative estimate of drug-likeness (QED) is 0.662. The van der Waals surface area contributed by atoms with E-state index in [4.69, 9.17) is 0 Å². The summed E-state index contributed by atoms with van der Waals surface area (Å²) in [6, 6.07) is 20.0. The molecule has 3 aromatic rings. The van der Waals surface area contributed by atoms with E-state index < -0.39 is 15.9 Å². The number of nitrogens with one attached hydrogen (secondary N) is 1. The molecule has 0 heterocycles. The minimum Gasteiger partial charge on any atom is -0.345 e. The number of anilines is 1. The molecule has 29 heavy (non-hydrogen) atoms. The van der Waals surface area contributed by atoms with Crippen molar-refractivity contribution >= 4 is 21.6 Å². The van der Waals surface area contributed by atoms with E-state index in [0.717, 1.165) is 9.87 Å². The zero-order chi connectivity index (χ0) is 21.0. The molecule has 150 valence electrons. The number of para-hydroxylation sites is 1. The fraction of sp³-hybridized carbons (Fsp3) is 0.136. The van der Waals surface area contributed by atoms with Gasteiger partial charge in [0.05, 0.1) is 22.2 Å². The first-order chi connectivity index (χ1) is 13.8. The number of halogens is 1. The van der Waals surface area contributed by atoms with E-state index in [9.17, 15) is 17.6 Å². The molecule has 0 fully saturated rings. The minimum absolute atomic E-state index is 0.136. The van der Waals surface area contributed by atoms with Gasteiger partial charge in [-0.2, -0.15) is 0 Å². The molecule has 0 aliphatic rings. The van der Waals surface area contributed by atoms with Gasteiger partial charge in [0.2, 0.25) is 0 Å². The Hall–Kier alpha value is -3.19. The monoisotopic (exact) mass is 412 g/mol. The van der Waals surface area contributed by atoms with Crippen LogP contribution in [0, 0.1) is 5.82 Å². The van der Waals surface area contributed by atoms with Crippen molar-refractivity contribution in [1.29, 1.82) is 0 Å². The summed E-state index contributed by atoms with van der Waals surface area (Å²) >= 11 is 0. The smallest absolute Gasteiger partial charge is 0.264 e. The molecule has 3 aromatic carbocycles. The number of amides is 1. The lowest BCUT2D eigenvalue weighted by Gasteiger charge is -2.23. The molecular formula is C22H21FN2O3S. The molecule has 0 saturated heterocycles. The standard InChI is InChI=1S/C22H21FN2O3S/c1-16(17-12-14-18(23)15-13-17)24-22(26)20-10-6-7-11-21(20)25(2)29(27,28)19-8-4-3-5-9-19/h3-16H,1-2H3,(H,24,26). The molecule has 3 rings (SSSR count). The van der Waals surface area contributed by atoms with Crippen molar-refractivity contribution in [3.05, 3.63) is 95.8 Å². The maximum atomic E-state index is 13.1. The molecule has 0 radical (unpaired) electrons. The largest absolute Gasteiger partial charge is 0.345 e. The fourth-order valence-electron chi connectivity index (χ4n) is 2.93. The van der Waals surface area contributed by atoms with Gasteiger partial charge in [0.15, 0.2) is 0 Å². The molecule has 0 aliphatic heterocycles. The van der Waals surface area contributed by atoms with Gasteiger partial charge in [0.25, 0.3) is 15.9 Å². The van der Waals surface area contributed by atoms with Gasteiger partial charge in [-0.15, -0.1) is 0 Å². The van der Waals surface area contributed by atoms with E-state index in [2.05, 4.69) is 5.32 Å². The lowest BCUT2D eigenvalue weighted by molar-refractivity contribution is 0.0940. The Kier molecular flexibility index (Phi) is 5.98. The zero-order valence-electron chi connectivity index (χ0n) is 16.0. The molecule has 1 unspecified atom stereocenters. The van der Waals surface area contributed by atoms with Crippen LogP contribution in [0.15, 0.2) is 83.8 Å². The predicted molar refractivity (Wildman–Crippen MR) is 111 cm³/mol. The average molecular weight is 412 g/mol. The third-order valence-corrected chi connectivity index (χ3v) is 6.39. The van der Waals surface area contributed by atoms with Crippen LogP contribution >= 0.6 is 0 Å². The highest BCUT2D eigenvalue weighted by molar-refractivity contribution is 7.92. The minimum atomic E-state index is -3.82. The third-order valence-electron chi connectivity index (χ3n) is 4.61. The Morgan fingerprint density at radius 3 is 2.17 bits per heavy atom. The van der Waals surface area contributed by atoms with E-state index in [0.29, 0.717) is 0 Å². The number of carbonyl (C=O) groups is 1. The summed E-state index contributed by atoms with van der Waals surface area (Å²) in [6.45, 7) is 1.78. The van der Waals surface area contributed by atoms with E-state index in [1.165, 1.54) is 31.3 Å². The molecule has 1 N–H and O–H groups in total. The number of carbonyl (C=O) groups excluding carboxylic acids is 1. The lowest BCUT2D eigenvalue weighted by Crippen LogP contribution is -2.31. The molecule has 0 aliphatic carbocycles. The maximum absolute atomic E-state index is 13.1. The highest BCUT2D eigenvalue weighted by Crippen LogP contribution is 2.26. The van der Waals surface area contributed by atoms with Crippen molar-refractivity contribution in [3.63, 3.8) is 0 Å². The topological polar surface area (TPSA) is 66.5 Å². The Morgan fingerprint density at radius 2 is 1.52 bits per heavy atom. The van der Waals surface area contributed by atoms with Crippen LogP contribution in [0.25, 0.3) is 0 Å². The SMILES string of the molecule is CC(NC(=O)c1ccccc1N(C)S(=O)(=O)c1ccccc1)c1ccc(F)cc1. The molecule has 0 spiro atoms. The zero-order valence-corrected chi connectivity index (χ0v) is 16.9. The van der Waals surface area contributed by atoms with Crippen LogP contribution in [0.1, 0.15) is 28.9 Å². The third kappa shape index (κ3) is 4.46. The number of rotatable bonds is 6. The number of hydrogen-bond acceptors (Lipinski definition) is 3. The van der Waals surface area contributed by atoms with Gasteiger partial charge in [0, 0.05) is 7.05 Å². The van der Waals surface area contributed by atoms with E-state index in [-0.39, 0.29) is 28.0 Å². The predicted octanol–water partition coefficient (Wildman–Crippen LogP) is 4.14. The van der Waals surface area contributed by atoms with Crippen molar-refractivity contribution in [1.82, 2.24) is 5.32 Å². The van der Waals surface area contributed by atoms with E-state index in [1.54, 1.807) is 61.5 Å².